The zero-order valence-corrected chi connectivity index (χ0v) is 17.0. The smallest absolute Gasteiger partial charge is 0.243 e. The second-order valence-corrected chi connectivity index (χ2v) is 8.39. The van der Waals surface area contributed by atoms with Crippen LogP contribution >= 0.6 is 0 Å². The van der Waals surface area contributed by atoms with E-state index < -0.39 is 10.0 Å². The fourth-order valence-electron chi connectivity index (χ4n) is 3.12. The molecule has 1 aromatic rings. The van der Waals surface area contributed by atoms with E-state index >= 15 is 0 Å². The summed E-state index contributed by atoms with van der Waals surface area (Å²) in [6.07, 6.45) is 1.87. The molecule has 0 aromatic heterocycles. The lowest BCUT2D eigenvalue weighted by molar-refractivity contribution is -0.133. The minimum absolute atomic E-state index is 0.245. The molecule has 0 N–H and O–H groups in total. The third-order valence-corrected chi connectivity index (χ3v) is 5.90. The van der Waals surface area contributed by atoms with E-state index in [4.69, 9.17) is 0 Å². The number of amides is 2. The first-order valence-electron chi connectivity index (χ1n) is 9.10. The van der Waals surface area contributed by atoms with Gasteiger partial charge in [-0.25, -0.2) is 8.42 Å². The second kappa shape index (κ2) is 9.07. The summed E-state index contributed by atoms with van der Waals surface area (Å²) in [6, 6.07) is 7.19. The molecule has 0 atom stereocenters. The van der Waals surface area contributed by atoms with Crippen LogP contribution in [0.15, 0.2) is 24.3 Å². The molecule has 0 aliphatic carbocycles. The third-order valence-electron chi connectivity index (χ3n) is 4.76. The molecule has 0 bridgehead atoms. The molecule has 150 valence electrons. The number of hydrogen-bond acceptors (Lipinski definition) is 5. The quantitative estimate of drug-likeness (QED) is 0.601. The molecule has 1 saturated heterocycles. The summed E-state index contributed by atoms with van der Waals surface area (Å²) in [5.41, 5.74) is 1.47. The number of anilines is 2. The average Bonchev–Trinajstić information content (AvgIpc) is 2.67. The van der Waals surface area contributed by atoms with Crippen LogP contribution in [-0.4, -0.2) is 82.6 Å². The molecule has 1 heterocycles. The van der Waals surface area contributed by atoms with Gasteiger partial charge < -0.3 is 14.7 Å². The highest BCUT2D eigenvalue weighted by Crippen LogP contribution is 2.23. The molecule has 1 aliphatic heterocycles. The Morgan fingerprint density at radius 2 is 1.56 bits per heavy atom. The molecule has 1 aromatic carbocycles. The van der Waals surface area contributed by atoms with E-state index in [0.29, 0.717) is 31.9 Å². The van der Waals surface area contributed by atoms with Gasteiger partial charge >= 0.3 is 0 Å². The zero-order chi connectivity index (χ0) is 20.0. The lowest BCUT2D eigenvalue weighted by Gasteiger charge is -2.34. The van der Waals surface area contributed by atoms with Crippen LogP contribution in [0.1, 0.15) is 13.8 Å². The van der Waals surface area contributed by atoms with Crippen LogP contribution in [0, 0.1) is 0 Å². The second-order valence-electron chi connectivity index (χ2n) is 6.48. The number of carbonyl (C=O) groups is 2. The van der Waals surface area contributed by atoms with Crippen LogP contribution in [-0.2, 0) is 19.6 Å². The van der Waals surface area contributed by atoms with Crippen molar-refractivity contribution in [2.24, 2.45) is 0 Å². The van der Waals surface area contributed by atoms with Crippen molar-refractivity contribution in [3.63, 3.8) is 0 Å². The van der Waals surface area contributed by atoms with E-state index in [-0.39, 0.29) is 12.5 Å². The van der Waals surface area contributed by atoms with E-state index in [1.807, 2.05) is 12.1 Å². The fourth-order valence-corrected chi connectivity index (χ4v) is 3.97. The number of piperazine rings is 1. The molecule has 1 aliphatic rings. The molecule has 0 saturated carbocycles. The Balaban J connectivity index is 2.14. The number of carbonyl (C=O) groups excluding carboxylic acids is 2. The average molecular weight is 397 g/mol. The lowest BCUT2D eigenvalue weighted by atomic mass is 10.2. The largest absolute Gasteiger partial charge is 0.372 e. The van der Waals surface area contributed by atoms with Gasteiger partial charge in [-0.15, -0.1) is 0 Å². The number of sulfonamides is 1. The van der Waals surface area contributed by atoms with Crippen molar-refractivity contribution in [2.45, 2.75) is 13.8 Å². The number of rotatable bonds is 8. The van der Waals surface area contributed by atoms with Crippen molar-refractivity contribution < 1.29 is 18.0 Å². The summed E-state index contributed by atoms with van der Waals surface area (Å²) >= 11 is 0. The predicted octanol–water partition coefficient (Wildman–Crippen LogP) is 0.599. The molecule has 27 heavy (non-hydrogen) atoms. The highest BCUT2D eigenvalue weighted by Gasteiger charge is 2.26. The van der Waals surface area contributed by atoms with Gasteiger partial charge in [0.25, 0.3) is 0 Å². The number of nitrogens with zero attached hydrogens (tertiary/aromatic N) is 4. The first-order chi connectivity index (χ1) is 12.8. The monoisotopic (exact) mass is 396 g/mol. The summed E-state index contributed by atoms with van der Waals surface area (Å²) in [5, 5.41) is 0. The summed E-state index contributed by atoms with van der Waals surface area (Å²) in [6.45, 7) is 7.34. The van der Waals surface area contributed by atoms with Crippen LogP contribution in [0.5, 0.6) is 0 Å². The standard InChI is InChI=1S/C18H28N4O4S/c1-4-20(5-2)16-6-8-17(9-7-16)22(27(3,25)26)14-18(24)21-12-10-19(15-23)11-13-21/h6-9,15H,4-5,10-14H2,1-3H3. The van der Waals surface area contributed by atoms with Gasteiger partial charge in [-0.1, -0.05) is 0 Å². The normalized spacial score (nSPS) is 14.8. The van der Waals surface area contributed by atoms with Gasteiger partial charge in [0, 0.05) is 45.0 Å². The first-order valence-corrected chi connectivity index (χ1v) is 10.9. The highest BCUT2D eigenvalue weighted by molar-refractivity contribution is 7.92. The number of benzene rings is 1. The van der Waals surface area contributed by atoms with Crippen LogP contribution in [0.25, 0.3) is 0 Å². The van der Waals surface area contributed by atoms with Gasteiger partial charge in [0.15, 0.2) is 0 Å². The van der Waals surface area contributed by atoms with Gasteiger partial charge in [-0.05, 0) is 38.1 Å². The maximum absolute atomic E-state index is 12.6. The van der Waals surface area contributed by atoms with Crippen molar-refractivity contribution >= 4 is 33.7 Å². The summed E-state index contributed by atoms with van der Waals surface area (Å²) < 4.78 is 25.7. The SMILES string of the molecule is CCN(CC)c1ccc(N(CC(=O)N2CCN(C=O)CC2)S(C)(=O)=O)cc1. The molecule has 1 fully saturated rings. The predicted molar refractivity (Wildman–Crippen MR) is 106 cm³/mol. The van der Waals surface area contributed by atoms with Gasteiger partial charge in [0.05, 0.1) is 11.9 Å². The number of hydrogen-bond donors (Lipinski definition) is 0. The molecule has 2 amide bonds. The van der Waals surface area contributed by atoms with Crippen molar-refractivity contribution in [1.82, 2.24) is 9.80 Å². The molecule has 9 heteroatoms. The topological polar surface area (TPSA) is 81.2 Å². The van der Waals surface area contributed by atoms with E-state index in [1.165, 1.54) is 0 Å². The molecule has 8 nitrogen and oxygen atoms in total. The minimum atomic E-state index is -3.61. The van der Waals surface area contributed by atoms with Crippen molar-refractivity contribution in [1.29, 1.82) is 0 Å². The van der Waals surface area contributed by atoms with E-state index in [1.54, 1.807) is 21.9 Å². The first kappa shape index (κ1) is 21.0. The highest BCUT2D eigenvalue weighted by atomic mass is 32.2. The van der Waals surface area contributed by atoms with Crippen molar-refractivity contribution in [3.8, 4) is 0 Å². The van der Waals surface area contributed by atoms with E-state index in [2.05, 4.69) is 18.7 Å². The zero-order valence-electron chi connectivity index (χ0n) is 16.2. The Morgan fingerprint density at radius 1 is 1.04 bits per heavy atom. The summed E-state index contributed by atoms with van der Waals surface area (Å²) in [5.74, 6) is -0.265. The Kier molecular flexibility index (Phi) is 7.06. The van der Waals surface area contributed by atoms with Crippen LogP contribution < -0.4 is 9.21 Å². The Hall–Kier alpha value is -2.29. The summed E-state index contributed by atoms with van der Waals surface area (Å²) in [7, 11) is -3.61. The molecule has 0 spiro atoms. The van der Waals surface area contributed by atoms with Crippen molar-refractivity contribution in [3.05, 3.63) is 24.3 Å². The molecule has 2 rings (SSSR count). The molecule has 0 unspecified atom stereocenters. The van der Waals surface area contributed by atoms with Gasteiger partial charge in [0.1, 0.15) is 6.54 Å². The summed E-state index contributed by atoms with van der Waals surface area (Å²) in [4.78, 5) is 28.7. The Morgan fingerprint density at radius 3 is 2.00 bits per heavy atom. The third kappa shape index (κ3) is 5.35. The van der Waals surface area contributed by atoms with Gasteiger partial charge in [-0.2, -0.15) is 0 Å². The fraction of sp³-hybridized carbons (Fsp3) is 0.556. The maximum Gasteiger partial charge on any atom is 0.243 e. The maximum atomic E-state index is 12.6. The van der Waals surface area contributed by atoms with Crippen LogP contribution in [0.2, 0.25) is 0 Å². The Labute approximate surface area is 161 Å². The van der Waals surface area contributed by atoms with E-state index in [0.717, 1.165) is 35.7 Å². The van der Waals surface area contributed by atoms with E-state index in [9.17, 15) is 18.0 Å². The molecular weight excluding hydrogens is 368 g/mol. The minimum Gasteiger partial charge on any atom is -0.372 e. The molecular formula is C18H28N4O4S. The van der Waals surface area contributed by atoms with Crippen molar-refractivity contribution in [2.75, 3.05) is 61.3 Å². The van der Waals surface area contributed by atoms with Crippen LogP contribution in [0.3, 0.4) is 0 Å². The van der Waals surface area contributed by atoms with Crippen LogP contribution in [0.4, 0.5) is 11.4 Å². The lowest BCUT2D eigenvalue weighted by Crippen LogP contribution is -2.51. The van der Waals surface area contributed by atoms with Gasteiger partial charge in [0.2, 0.25) is 22.3 Å². The Bertz CT molecular complexity index is 739. The molecule has 0 radical (unpaired) electrons. The van der Waals surface area contributed by atoms with Gasteiger partial charge in [-0.3, -0.25) is 13.9 Å².